The summed E-state index contributed by atoms with van der Waals surface area (Å²) in [7, 11) is 1.68. The van der Waals surface area contributed by atoms with Crippen LogP contribution in [0, 0.1) is 11.3 Å². The average molecular weight is 294 g/mol. The molecule has 2 aliphatic rings. The zero-order chi connectivity index (χ0) is 15.9. The van der Waals surface area contributed by atoms with E-state index in [9.17, 15) is 0 Å². The molecule has 5 nitrogen and oxygen atoms in total. The first-order valence-electron chi connectivity index (χ1n) is 7.42. The Labute approximate surface area is 127 Å². The van der Waals surface area contributed by atoms with E-state index in [-0.39, 0.29) is 18.3 Å². The van der Waals surface area contributed by atoms with Crippen molar-refractivity contribution in [2.24, 2.45) is 4.99 Å². The van der Waals surface area contributed by atoms with E-state index < -0.39 is 5.79 Å². The summed E-state index contributed by atoms with van der Waals surface area (Å²) >= 11 is 0. The molecule has 0 spiro atoms. The highest BCUT2D eigenvalue weighted by Crippen LogP contribution is 2.34. The quantitative estimate of drug-likeness (QED) is 0.580. The Balaban J connectivity index is 0.000000222. The molecular weight excluding hydrogens is 268 g/mol. The van der Waals surface area contributed by atoms with E-state index >= 15 is 0 Å². The molecule has 0 bridgehead atoms. The fourth-order valence-electron chi connectivity index (χ4n) is 2.35. The Morgan fingerprint density at radius 1 is 1.43 bits per heavy atom. The first-order valence-corrected chi connectivity index (χ1v) is 7.42. The zero-order valence-corrected chi connectivity index (χ0v) is 13.6. The second kappa shape index (κ2) is 8.28. The van der Waals surface area contributed by atoms with Crippen LogP contribution in [0.15, 0.2) is 16.6 Å². The van der Waals surface area contributed by atoms with Gasteiger partial charge < -0.3 is 14.2 Å². The second-order valence-corrected chi connectivity index (χ2v) is 5.57. The molecule has 0 saturated carbocycles. The van der Waals surface area contributed by atoms with E-state index in [2.05, 4.69) is 11.1 Å². The van der Waals surface area contributed by atoms with Crippen molar-refractivity contribution in [2.45, 2.75) is 64.6 Å². The summed E-state index contributed by atoms with van der Waals surface area (Å²) < 4.78 is 16.9. The third-order valence-corrected chi connectivity index (χ3v) is 3.42. The van der Waals surface area contributed by atoms with Gasteiger partial charge in [-0.3, -0.25) is 4.99 Å². The lowest BCUT2D eigenvalue weighted by Crippen LogP contribution is -2.40. The molecule has 2 fully saturated rings. The summed E-state index contributed by atoms with van der Waals surface area (Å²) in [6, 6.07) is 2.06. The van der Waals surface area contributed by atoms with Gasteiger partial charge in [0.25, 0.3) is 0 Å². The maximum Gasteiger partial charge on any atom is 0.163 e. The van der Waals surface area contributed by atoms with Crippen molar-refractivity contribution in [1.82, 2.24) is 0 Å². The van der Waals surface area contributed by atoms with Gasteiger partial charge in [0.1, 0.15) is 6.10 Å². The normalized spacial score (nSPS) is 31.2. The minimum absolute atomic E-state index is 0.133. The lowest BCUT2D eigenvalue weighted by molar-refractivity contribution is -0.152. The highest BCUT2D eigenvalue weighted by molar-refractivity contribution is 5.73. The number of nitriles is 1. The van der Waals surface area contributed by atoms with Crippen LogP contribution in [0.25, 0.3) is 0 Å². The molecule has 0 aromatic heterocycles. The minimum Gasteiger partial charge on any atom is -0.376 e. The molecule has 2 aliphatic heterocycles. The Bertz CT molecular complexity index is 424. The number of rotatable bonds is 2. The molecule has 2 saturated heterocycles. The summed E-state index contributed by atoms with van der Waals surface area (Å²) in [5.41, 5.74) is 0.764. The highest BCUT2D eigenvalue weighted by atomic mass is 16.8. The maximum absolute atomic E-state index is 8.37. The lowest BCUT2D eigenvalue weighted by atomic mass is 10.0. The fourth-order valence-corrected chi connectivity index (χ4v) is 2.35. The number of fused-ring (bicyclic) bond motifs is 1. The standard InChI is InChI=1S/C9H16O3.C7H10N2/c1-6-8-7(4-5-10-6)11-9(2,3)12-8;1-3-7(6-8)4-5-9-2/h6-8H,4-5H2,1-3H3;4-5H,3H2,1-2H3/b;7-4+,9-5?. The molecule has 118 valence electrons. The molecule has 3 atom stereocenters. The predicted octanol–water partition coefficient (Wildman–Crippen LogP) is 2.86. The number of allylic oxidation sites excluding steroid dienone is 2. The molecule has 0 aliphatic carbocycles. The van der Waals surface area contributed by atoms with Gasteiger partial charge in [-0.15, -0.1) is 0 Å². The summed E-state index contributed by atoms with van der Waals surface area (Å²) in [5.74, 6) is -0.419. The number of nitrogens with zero attached hydrogens (tertiary/aromatic N) is 2. The van der Waals surface area contributed by atoms with Crippen molar-refractivity contribution in [3.8, 4) is 6.07 Å². The van der Waals surface area contributed by atoms with E-state index in [4.69, 9.17) is 19.5 Å². The van der Waals surface area contributed by atoms with Crippen LogP contribution < -0.4 is 0 Å². The van der Waals surface area contributed by atoms with E-state index in [1.165, 1.54) is 0 Å². The van der Waals surface area contributed by atoms with Crippen molar-refractivity contribution in [2.75, 3.05) is 13.7 Å². The van der Waals surface area contributed by atoms with Crippen LogP contribution in [-0.2, 0) is 14.2 Å². The number of aliphatic imine (C=N–C) groups is 1. The lowest BCUT2D eigenvalue weighted by Gasteiger charge is -2.28. The van der Waals surface area contributed by atoms with Gasteiger partial charge >= 0.3 is 0 Å². The van der Waals surface area contributed by atoms with Crippen molar-refractivity contribution in [1.29, 1.82) is 5.26 Å². The molecule has 0 N–H and O–H groups in total. The molecule has 3 unspecified atom stereocenters. The third kappa shape index (κ3) is 5.58. The summed E-state index contributed by atoms with van der Waals surface area (Å²) in [5, 5.41) is 8.37. The number of hydrogen-bond donors (Lipinski definition) is 0. The van der Waals surface area contributed by atoms with Crippen LogP contribution in [0.5, 0.6) is 0 Å². The smallest absolute Gasteiger partial charge is 0.163 e. The fraction of sp³-hybridized carbons (Fsp3) is 0.750. The Morgan fingerprint density at radius 3 is 2.67 bits per heavy atom. The first kappa shape index (κ1) is 17.8. The van der Waals surface area contributed by atoms with Gasteiger partial charge in [0, 0.05) is 25.4 Å². The van der Waals surface area contributed by atoms with E-state index in [1.807, 2.05) is 27.7 Å². The maximum atomic E-state index is 8.37. The third-order valence-electron chi connectivity index (χ3n) is 3.42. The molecule has 0 aromatic carbocycles. The van der Waals surface area contributed by atoms with Gasteiger partial charge in [0.2, 0.25) is 0 Å². The SMILES string of the molecule is CC/C(C#N)=C\C=NC.CC1OCCC2OC(C)(C)OC12. The van der Waals surface area contributed by atoms with E-state index in [0.29, 0.717) is 0 Å². The van der Waals surface area contributed by atoms with E-state index in [0.717, 1.165) is 25.0 Å². The average Bonchev–Trinajstić information content (AvgIpc) is 2.77. The monoisotopic (exact) mass is 294 g/mol. The van der Waals surface area contributed by atoms with Crippen LogP contribution in [0.1, 0.15) is 40.5 Å². The zero-order valence-electron chi connectivity index (χ0n) is 13.6. The van der Waals surface area contributed by atoms with Gasteiger partial charge in [0.05, 0.1) is 18.3 Å². The largest absolute Gasteiger partial charge is 0.376 e. The highest BCUT2D eigenvalue weighted by Gasteiger charge is 2.45. The predicted molar refractivity (Wildman–Crippen MR) is 82.3 cm³/mol. The summed E-state index contributed by atoms with van der Waals surface area (Å²) in [6.45, 7) is 8.69. The number of ether oxygens (including phenoxy) is 3. The molecule has 2 rings (SSSR count). The van der Waals surface area contributed by atoms with Crippen molar-refractivity contribution in [3.05, 3.63) is 11.6 Å². The van der Waals surface area contributed by atoms with Crippen LogP contribution >= 0.6 is 0 Å². The number of hydrogen-bond acceptors (Lipinski definition) is 5. The van der Waals surface area contributed by atoms with Gasteiger partial charge in [0.15, 0.2) is 5.79 Å². The van der Waals surface area contributed by atoms with Crippen LogP contribution in [-0.4, -0.2) is 44.0 Å². The van der Waals surface area contributed by atoms with Gasteiger partial charge in [-0.25, -0.2) is 0 Å². The van der Waals surface area contributed by atoms with E-state index in [1.54, 1.807) is 19.3 Å². The molecule has 5 heteroatoms. The minimum atomic E-state index is -0.419. The Hall–Kier alpha value is -1.22. The van der Waals surface area contributed by atoms with Crippen molar-refractivity contribution in [3.63, 3.8) is 0 Å². The molecule has 0 radical (unpaired) electrons. The van der Waals surface area contributed by atoms with Crippen LogP contribution in [0.2, 0.25) is 0 Å². The van der Waals surface area contributed by atoms with Crippen molar-refractivity contribution >= 4 is 6.21 Å². The topological polar surface area (TPSA) is 63.8 Å². The second-order valence-electron chi connectivity index (χ2n) is 5.57. The first-order chi connectivity index (χ1) is 9.93. The van der Waals surface area contributed by atoms with Gasteiger partial charge in [-0.2, -0.15) is 5.26 Å². The van der Waals surface area contributed by atoms with Gasteiger partial charge in [-0.05, 0) is 39.7 Å². The summed E-state index contributed by atoms with van der Waals surface area (Å²) in [6.07, 6.45) is 5.63. The molecule has 0 aromatic rings. The molecule has 2 heterocycles. The van der Waals surface area contributed by atoms with Crippen molar-refractivity contribution < 1.29 is 14.2 Å². The van der Waals surface area contributed by atoms with Crippen LogP contribution in [0.4, 0.5) is 0 Å². The summed E-state index contributed by atoms with van der Waals surface area (Å²) in [4.78, 5) is 3.72. The Morgan fingerprint density at radius 2 is 2.14 bits per heavy atom. The Kier molecular flexibility index (Phi) is 7.03. The molecule has 21 heavy (non-hydrogen) atoms. The van der Waals surface area contributed by atoms with Gasteiger partial charge in [-0.1, -0.05) is 6.92 Å². The molecule has 0 amide bonds. The van der Waals surface area contributed by atoms with Crippen LogP contribution in [0.3, 0.4) is 0 Å². The molecular formula is C16H26N2O3.